The second-order valence-electron chi connectivity index (χ2n) is 7.92. The highest BCUT2D eigenvalue weighted by atomic mass is 16.2. The zero-order valence-electron chi connectivity index (χ0n) is 19.0. The van der Waals surface area contributed by atoms with Gasteiger partial charge in [0.05, 0.1) is 0 Å². The molecule has 186 valence electrons. The highest BCUT2D eigenvalue weighted by Gasteiger charge is 2.17. The lowest BCUT2D eigenvalue weighted by molar-refractivity contribution is 0.0952. The summed E-state index contributed by atoms with van der Waals surface area (Å²) in [5, 5.41) is 8.19. The van der Waals surface area contributed by atoms with Crippen molar-refractivity contribution in [2.24, 2.45) is 34.4 Å². The first-order valence-corrected chi connectivity index (χ1v) is 11.1. The van der Waals surface area contributed by atoms with Gasteiger partial charge in [0.2, 0.25) is 0 Å². The van der Waals surface area contributed by atoms with Crippen molar-refractivity contribution in [2.45, 2.75) is 37.4 Å². The van der Waals surface area contributed by atoms with E-state index in [1.807, 2.05) is 0 Å². The van der Waals surface area contributed by atoms with E-state index in [0.717, 1.165) is 0 Å². The SMILES string of the molecule is NCC(N)CCNC(=O)c1cc(C(=O)NCCC(N)CN)cc(C(=O)NCCC(N)CN)c1. The standard InChI is InChI=1S/C21H39N9O3/c22-10-16(25)1-4-28-19(31)13-7-14(20(32)29-5-2-17(26)11-23)9-15(8-13)21(33)30-6-3-18(27)12-24/h7-9,16-18H,1-6,10-12,22-27H2,(H,28,31)(H,29,32)(H,30,33). The minimum Gasteiger partial charge on any atom is -0.352 e. The van der Waals surface area contributed by atoms with Gasteiger partial charge in [0, 0.05) is 74.1 Å². The van der Waals surface area contributed by atoms with Gasteiger partial charge in [0.1, 0.15) is 0 Å². The minimum absolute atomic E-state index is 0.173. The summed E-state index contributed by atoms with van der Waals surface area (Å²) in [7, 11) is 0. The topological polar surface area (TPSA) is 243 Å². The summed E-state index contributed by atoms with van der Waals surface area (Å²) in [6.45, 7) is 1.84. The first kappa shape index (κ1) is 28.4. The van der Waals surface area contributed by atoms with Gasteiger partial charge in [-0.2, -0.15) is 0 Å². The van der Waals surface area contributed by atoms with Crippen LogP contribution in [0.1, 0.15) is 50.3 Å². The van der Waals surface area contributed by atoms with E-state index in [-0.39, 0.29) is 34.8 Å². The van der Waals surface area contributed by atoms with Crippen molar-refractivity contribution in [1.29, 1.82) is 0 Å². The third-order valence-electron chi connectivity index (χ3n) is 5.03. The maximum Gasteiger partial charge on any atom is 0.251 e. The molecule has 33 heavy (non-hydrogen) atoms. The van der Waals surface area contributed by atoms with E-state index in [1.165, 1.54) is 18.2 Å². The molecule has 0 aromatic heterocycles. The van der Waals surface area contributed by atoms with Crippen molar-refractivity contribution in [1.82, 2.24) is 16.0 Å². The first-order valence-electron chi connectivity index (χ1n) is 11.1. The molecule has 3 amide bonds. The van der Waals surface area contributed by atoms with Gasteiger partial charge >= 0.3 is 0 Å². The van der Waals surface area contributed by atoms with Gasteiger partial charge < -0.3 is 50.4 Å². The Kier molecular flexibility index (Phi) is 13.1. The van der Waals surface area contributed by atoms with Gasteiger partial charge in [-0.3, -0.25) is 14.4 Å². The van der Waals surface area contributed by atoms with Crippen molar-refractivity contribution < 1.29 is 14.4 Å². The van der Waals surface area contributed by atoms with Crippen LogP contribution in [0.2, 0.25) is 0 Å². The lowest BCUT2D eigenvalue weighted by atomic mass is 10.0. The number of hydrogen-bond acceptors (Lipinski definition) is 9. The molecule has 1 rings (SSSR count). The Bertz CT molecular complexity index is 663. The molecule has 3 atom stereocenters. The number of rotatable bonds is 15. The Balaban J connectivity index is 2.97. The van der Waals surface area contributed by atoms with Crippen molar-refractivity contribution in [3.8, 4) is 0 Å². The van der Waals surface area contributed by atoms with Crippen LogP contribution in [-0.2, 0) is 0 Å². The number of carbonyl (C=O) groups excluding carboxylic acids is 3. The number of benzene rings is 1. The smallest absolute Gasteiger partial charge is 0.251 e. The summed E-state index contributed by atoms with van der Waals surface area (Å²) >= 11 is 0. The lowest BCUT2D eigenvalue weighted by Crippen LogP contribution is -2.36. The average Bonchev–Trinajstić information content (AvgIpc) is 2.82. The van der Waals surface area contributed by atoms with Gasteiger partial charge in [-0.15, -0.1) is 0 Å². The highest BCUT2D eigenvalue weighted by Crippen LogP contribution is 2.12. The van der Waals surface area contributed by atoms with Crippen LogP contribution in [0.4, 0.5) is 0 Å². The fraction of sp³-hybridized carbons (Fsp3) is 0.571. The van der Waals surface area contributed by atoms with Gasteiger partial charge in [-0.25, -0.2) is 0 Å². The van der Waals surface area contributed by atoms with Crippen LogP contribution >= 0.6 is 0 Å². The quantitative estimate of drug-likeness (QED) is 0.127. The third-order valence-corrected chi connectivity index (χ3v) is 5.03. The average molecular weight is 466 g/mol. The van der Waals surface area contributed by atoms with Crippen LogP contribution in [-0.4, -0.2) is 75.1 Å². The first-order chi connectivity index (χ1) is 15.7. The predicted molar refractivity (Wildman–Crippen MR) is 128 cm³/mol. The Morgan fingerprint density at radius 2 is 0.818 bits per heavy atom. The molecule has 1 aromatic carbocycles. The van der Waals surface area contributed by atoms with Gasteiger partial charge in [-0.05, 0) is 37.5 Å². The molecule has 0 saturated carbocycles. The van der Waals surface area contributed by atoms with E-state index in [4.69, 9.17) is 34.4 Å². The molecule has 0 fully saturated rings. The molecule has 12 nitrogen and oxygen atoms in total. The number of nitrogens with one attached hydrogen (secondary N) is 3. The van der Waals surface area contributed by atoms with Crippen LogP contribution < -0.4 is 50.4 Å². The van der Waals surface area contributed by atoms with E-state index in [2.05, 4.69) is 16.0 Å². The van der Waals surface area contributed by atoms with Gasteiger partial charge in [0.15, 0.2) is 0 Å². The van der Waals surface area contributed by atoms with Crippen LogP contribution in [0, 0.1) is 0 Å². The van der Waals surface area contributed by atoms with E-state index in [0.29, 0.717) is 58.5 Å². The molecular weight excluding hydrogens is 426 g/mol. The molecule has 12 heteroatoms. The Hall–Kier alpha value is -2.61. The minimum atomic E-state index is -0.432. The Morgan fingerprint density at radius 1 is 0.576 bits per heavy atom. The maximum atomic E-state index is 12.6. The molecule has 15 N–H and O–H groups in total. The number of carbonyl (C=O) groups is 3. The number of amides is 3. The van der Waals surface area contributed by atoms with Crippen molar-refractivity contribution in [3.63, 3.8) is 0 Å². The fourth-order valence-corrected chi connectivity index (χ4v) is 2.79. The molecule has 0 saturated heterocycles. The lowest BCUT2D eigenvalue weighted by Gasteiger charge is -2.14. The summed E-state index contributed by atoms with van der Waals surface area (Å²) in [6.07, 6.45) is 1.50. The molecular formula is C21H39N9O3. The summed E-state index contributed by atoms with van der Waals surface area (Å²) in [5.74, 6) is -1.30. The molecule has 0 heterocycles. The van der Waals surface area contributed by atoms with Gasteiger partial charge in [-0.1, -0.05) is 0 Å². The zero-order chi connectivity index (χ0) is 24.8. The zero-order valence-corrected chi connectivity index (χ0v) is 19.0. The van der Waals surface area contributed by atoms with Crippen LogP contribution in [0.5, 0.6) is 0 Å². The molecule has 0 radical (unpaired) electrons. The second-order valence-corrected chi connectivity index (χ2v) is 7.92. The van der Waals surface area contributed by atoms with E-state index in [1.54, 1.807) is 0 Å². The molecule has 1 aromatic rings. The van der Waals surface area contributed by atoms with E-state index < -0.39 is 17.7 Å². The maximum absolute atomic E-state index is 12.6. The van der Waals surface area contributed by atoms with E-state index >= 15 is 0 Å². The molecule has 0 aliphatic carbocycles. The van der Waals surface area contributed by atoms with Crippen molar-refractivity contribution in [2.75, 3.05) is 39.3 Å². The molecule has 0 aliphatic heterocycles. The Labute approximate surface area is 194 Å². The number of nitrogens with two attached hydrogens (primary N) is 6. The number of hydrogen-bond donors (Lipinski definition) is 9. The fourth-order valence-electron chi connectivity index (χ4n) is 2.79. The van der Waals surface area contributed by atoms with Crippen LogP contribution in [0.3, 0.4) is 0 Å². The predicted octanol–water partition coefficient (Wildman–Crippen LogP) is -3.10. The van der Waals surface area contributed by atoms with Gasteiger partial charge in [0.25, 0.3) is 17.7 Å². The summed E-state index contributed by atoms with van der Waals surface area (Å²) < 4.78 is 0. The summed E-state index contributed by atoms with van der Waals surface area (Å²) in [5.41, 5.74) is 34.3. The van der Waals surface area contributed by atoms with Crippen molar-refractivity contribution in [3.05, 3.63) is 34.9 Å². The molecule has 0 spiro atoms. The monoisotopic (exact) mass is 465 g/mol. The Morgan fingerprint density at radius 3 is 1.03 bits per heavy atom. The molecule has 0 bridgehead atoms. The molecule has 3 unspecified atom stereocenters. The van der Waals surface area contributed by atoms with Crippen molar-refractivity contribution >= 4 is 17.7 Å². The second kappa shape index (κ2) is 15.3. The summed E-state index contributed by atoms with van der Waals surface area (Å²) in [4.78, 5) is 37.9. The third kappa shape index (κ3) is 10.7. The largest absolute Gasteiger partial charge is 0.352 e. The highest BCUT2D eigenvalue weighted by molar-refractivity contribution is 6.04. The van der Waals surface area contributed by atoms with Crippen LogP contribution in [0.25, 0.3) is 0 Å². The summed E-state index contributed by atoms with van der Waals surface area (Å²) in [6, 6.07) is 3.59. The van der Waals surface area contributed by atoms with Crippen LogP contribution in [0.15, 0.2) is 18.2 Å². The normalized spacial score (nSPS) is 13.6. The molecule has 0 aliphatic rings. The van der Waals surface area contributed by atoms with E-state index in [9.17, 15) is 14.4 Å².